The molecule has 0 spiro atoms. The summed E-state index contributed by atoms with van der Waals surface area (Å²) in [7, 11) is 0. The zero-order valence-corrected chi connectivity index (χ0v) is 11.4. The van der Waals surface area contributed by atoms with Crippen LogP contribution in [0.4, 0.5) is 18.9 Å². The van der Waals surface area contributed by atoms with Gasteiger partial charge < -0.3 is 10.6 Å². The van der Waals surface area contributed by atoms with E-state index in [1.807, 2.05) is 18.2 Å². The quantitative estimate of drug-likeness (QED) is 0.754. The summed E-state index contributed by atoms with van der Waals surface area (Å²) >= 11 is 0. The first-order chi connectivity index (χ1) is 9.38. The molecule has 20 heavy (non-hydrogen) atoms. The molecule has 0 saturated carbocycles. The summed E-state index contributed by atoms with van der Waals surface area (Å²) in [5.41, 5.74) is 1.64. The number of carbonyl (C=O) groups excluding carboxylic acids is 1. The fourth-order valence-corrected chi connectivity index (χ4v) is 1.78. The van der Waals surface area contributed by atoms with Crippen LogP contribution < -0.4 is 10.6 Å². The van der Waals surface area contributed by atoms with Gasteiger partial charge in [0.15, 0.2) is 0 Å². The number of carbonyl (C=O) groups is 1. The highest BCUT2D eigenvalue weighted by atomic mass is 19.4. The van der Waals surface area contributed by atoms with Crippen LogP contribution in [0.5, 0.6) is 0 Å². The molecule has 0 heterocycles. The zero-order valence-electron chi connectivity index (χ0n) is 11.4. The van der Waals surface area contributed by atoms with E-state index < -0.39 is 12.6 Å². The summed E-state index contributed by atoms with van der Waals surface area (Å²) in [4.78, 5) is 11.0. The van der Waals surface area contributed by atoms with Crippen molar-refractivity contribution in [2.45, 2.75) is 38.9 Å². The molecular formula is C14H19F3N2O. The minimum atomic E-state index is -4.07. The van der Waals surface area contributed by atoms with Gasteiger partial charge in [-0.05, 0) is 31.0 Å². The topological polar surface area (TPSA) is 41.1 Å². The van der Waals surface area contributed by atoms with Gasteiger partial charge in [-0.25, -0.2) is 0 Å². The second-order valence-electron chi connectivity index (χ2n) is 4.59. The Hall–Kier alpha value is -1.56. The van der Waals surface area contributed by atoms with Crippen molar-refractivity contribution in [3.05, 3.63) is 29.8 Å². The van der Waals surface area contributed by atoms with Gasteiger partial charge in [0.25, 0.3) is 0 Å². The largest absolute Gasteiger partial charge is 0.389 e. The SMILES string of the molecule is CC(=O)Nc1ccccc1CNCCCCC(F)(F)F. The molecule has 0 saturated heterocycles. The second-order valence-corrected chi connectivity index (χ2v) is 4.59. The van der Waals surface area contributed by atoms with Gasteiger partial charge >= 0.3 is 6.18 Å². The van der Waals surface area contributed by atoms with Gasteiger partial charge in [0.05, 0.1) is 0 Å². The highest BCUT2D eigenvalue weighted by Gasteiger charge is 2.25. The first-order valence-corrected chi connectivity index (χ1v) is 6.51. The van der Waals surface area contributed by atoms with E-state index in [4.69, 9.17) is 0 Å². The van der Waals surface area contributed by atoms with Crippen molar-refractivity contribution in [1.29, 1.82) is 0 Å². The average Bonchev–Trinajstić information content (AvgIpc) is 2.33. The Balaban J connectivity index is 2.30. The van der Waals surface area contributed by atoms with Crippen LogP contribution in [0.15, 0.2) is 24.3 Å². The molecule has 3 nitrogen and oxygen atoms in total. The lowest BCUT2D eigenvalue weighted by atomic mass is 10.1. The molecule has 1 aromatic rings. The minimum Gasteiger partial charge on any atom is -0.326 e. The number of halogens is 3. The summed E-state index contributed by atoms with van der Waals surface area (Å²) < 4.78 is 35.8. The van der Waals surface area contributed by atoms with E-state index in [0.717, 1.165) is 11.3 Å². The Morgan fingerprint density at radius 1 is 1.20 bits per heavy atom. The van der Waals surface area contributed by atoms with Gasteiger partial charge in [0.1, 0.15) is 0 Å². The molecule has 1 aromatic carbocycles. The van der Waals surface area contributed by atoms with Crippen LogP contribution in [0.2, 0.25) is 0 Å². The standard InChI is InChI=1S/C14H19F3N2O/c1-11(20)19-13-7-3-2-6-12(13)10-18-9-5-4-8-14(15,16)17/h2-3,6-7,18H,4-5,8-10H2,1H3,(H,19,20). The van der Waals surface area contributed by atoms with Crippen LogP contribution in [0.3, 0.4) is 0 Å². The van der Waals surface area contributed by atoms with E-state index in [-0.39, 0.29) is 12.3 Å². The third-order valence-corrected chi connectivity index (χ3v) is 2.71. The van der Waals surface area contributed by atoms with Crippen molar-refractivity contribution in [3.8, 4) is 0 Å². The first-order valence-electron chi connectivity index (χ1n) is 6.51. The third kappa shape index (κ3) is 7.13. The molecule has 112 valence electrons. The fraction of sp³-hybridized carbons (Fsp3) is 0.500. The first kappa shape index (κ1) is 16.5. The smallest absolute Gasteiger partial charge is 0.326 e. The lowest BCUT2D eigenvalue weighted by molar-refractivity contribution is -0.135. The molecule has 0 radical (unpaired) electrons. The molecule has 1 rings (SSSR count). The van der Waals surface area contributed by atoms with Gasteiger partial charge in [0, 0.05) is 25.6 Å². The summed E-state index contributed by atoms with van der Waals surface area (Å²) in [6.07, 6.45) is -4.21. The third-order valence-electron chi connectivity index (χ3n) is 2.71. The molecule has 6 heteroatoms. The molecule has 0 aliphatic heterocycles. The van der Waals surface area contributed by atoms with Crippen LogP contribution in [-0.2, 0) is 11.3 Å². The number of nitrogens with one attached hydrogen (secondary N) is 2. The fourth-order valence-electron chi connectivity index (χ4n) is 1.78. The van der Waals surface area contributed by atoms with Crippen molar-refractivity contribution in [2.75, 3.05) is 11.9 Å². The normalized spacial score (nSPS) is 11.4. The Labute approximate surface area is 116 Å². The van der Waals surface area contributed by atoms with Crippen molar-refractivity contribution in [2.24, 2.45) is 0 Å². The zero-order chi connectivity index (χ0) is 15.0. The molecule has 0 unspecified atom stereocenters. The maximum Gasteiger partial charge on any atom is 0.389 e. The Morgan fingerprint density at radius 3 is 2.55 bits per heavy atom. The molecule has 0 fully saturated rings. The van der Waals surface area contributed by atoms with Gasteiger partial charge in [0.2, 0.25) is 5.91 Å². The lowest BCUT2D eigenvalue weighted by Crippen LogP contribution is -2.17. The van der Waals surface area contributed by atoms with Crippen molar-refractivity contribution >= 4 is 11.6 Å². The Kier molecular flexibility index (Phi) is 6.51. The van der Waals surface area contributed by atoms with E-state index in [1.165, 1.54) is 6.92 Å². The van der Waals surface area contributed by atoms with E-state index in [9.17, 15) is 18.0 Å². The molecule has 0 aliphatic rings. The monoisotopic (exact) mass is 288 g/mol. The number of anilines is 1. The summed E-state index contributed by atoms with van der Waals surface area (Å²) in [5.74, 6) is -0.150. The summed E-state index contributed by atoms with van der Waals surface area (Å²) in [5, 5.41) is 5.80. The van der Waals surface area contributed by atoms with Gasteiger partial charge in [-0.3, -0.25) is 4.79 Å². The van der Waals surface area contributed by atoms with Crippen LogP contribution in [0.1, 0.15) is 31.7 Å². The van der Waals surface area contributed by atoms with Crippen molar-refractivity contribution in [1.82, 2.24) is 5.32 Å². The predicted octanol–water partition coefficient (Wildman–Crippen LogP) is 3.47. The number of amides is 1. The van der Waals surface area contributed by atoms with E-state index in [1.54, 1.807) is 6.07 Å². The van der Waals surface area contributed by atoms with E-state index in [2.05, 4.69) is 10.6 Å². The highest BCUT2D eigenvalue weighted by Crippen LogP contribution is 2.22. The average molecular weight is 288 g/mol. The predicted molar refractivity (Wildman–Crippen MR) is 72.4 cm³/mol. The van der Waals surface area contributed by atoms with Gasteiger partial charge in [-0.15, -0.1) is 0 Å². The molecule has 0 aromatic heterocycles. The molecule has 0 aliphatic carbocycles. The number of benzene rings is 1. The molecule has 0 atom stereocenters. The van der Waals surface area contributed by atoms with Crippen LogP contribution in [0, 0.1) is 0 Å². The molecule has 1 amide bonds. The maximum absolute atomic E-state index is 11.9. The number of hydrogen-bond donors (Lipinski definition) is 2. The summed E-state index contributed by atoms with van der Waals surface area (Å²) in [6, 6.07) is 7.33. The summed E-state index contributed by atoms with van der Waals surface area (Å²) in [6.45, 7) is 2.47. The van der Waals surface area contributed by atoms with Crippen molar-refractivity contribution in [3.63, 3.8) is 0 Å². The Bertz CT molecular complexity index is 433. The van der Waals surface area contributed by atoms with Gasteiger partial charge in [-0.1, -0.05) is 18.2 Å². The van der Waals surface area contributed by atoms with Crippen LogP contribution in [0.25, 0.3) is 0 Å². The van der Waals surface area contributed by atoms with Crippen LogP contribution >= 0.6 is 0 Å². The lowest BCUT2D eigenvalue weighted by Gasteiger charge is -2.11. The molecule has 0 bridgehead atoms. The van der Waals surface area contributed by atoms with Crippen LogP contribution in [-0.4, -0.2) is 18.6 Å². The number of unbranched alkanes of at least 4 members (excludes halogenated alkanes) is 1. The Morgan fingerprint density at radius 2 is 1.90 bits per heavy atom. The number of hydrogen-bond acceptors (Lipinski definition) is 2. The number of para-hydroxylation sites is 1. The molecular weight excluding hydrogens is 269 g/mol. The van der Waals surface area contributed by atoms with E-state index >= 15 is 0 Å². The maximum atomic E-state index is 11.9. The van der Waals surface area contributed by atoms with E-state index in [0.29, 0.717) is 19.5 Å². The van der Waals surface area contributed by atoms with Crippen molar-refractivity contribution < 1.29 is 18.0 Å². The number of rotatable bonds is 7. The molecule has 2 N–H and O–H groups in total. The number of alkyl halides is 3. The van der Waals surface area contributed by atoms with Gasteiger partial charge in [-0.2, -0.15) is 13.2 Å². The highest BCUT2D eigenvalue weighted by molar-refractivity contribution is 5.89. The second kappa shape index (κ2) is 7.89. The minimum absolute atomic E-state index is 0.129.